The van der Waals surface area contributed by atoms with Crippen LogP contribution in [-0.4, -0.2) is 48.8 Å². The molecule has 0 spiro atoms. The molecule has 4 rings (SSSR count). The molecular formula is C22H25N3O3S. The van der Waals surface area contributed by atoms with E-state index < -0.39 is 10.0 Å². The maximum absolute atomic E-state index is 13.5. The first-order chi connectivity index (χ1) is 14.0. The van der Waals surface area contributed by atoms with Crippen LogP contribution in [0.2, 0.25) is 0 Å². The third kappa shape index (κ3) is 3.63. The Balaban J connectivity index is 1.78. The largest absolute Gasteiger partial charge is 0.497 e. The van der Waals surface area contributed by atoms with E-state index in [1.807, 2.05) is 30.3 Å². The van der Waals surface area contributed by atoms with Gasteiger partial charge in [0.2, 0.25) is 0 Å². The molecule has 0 aliphatic carbocycles. The van der Waals surface area contributed by atoms with E-state index in [2.05, 4.69) is 10.2 Å². The van der Waals surface area contributed by atoms with Crippen molar-refractivity contribution in [2.24, 2.45) is 0 Å². The number of anilines is 2. The lowest BCUT2D eigenvalue weighted by atomic mass is 10.1. The molecule has 3 aromatic rings. The third-order valence-electron chi connectivity index (χ3n) is 5.39. The number of hydrogen-bond acceptors (Lipinski definition) is 5. The highest BCUT2D eigenvalue weighted by Crippen LogP contribution is 2.34. The second-order valence-electron chi connectivity index (χ2n) is 7.04. The molecule has 0 aromatic heterocycles. The van der Waals surface area contributed by atoms with Crippen molar-refractivity contribution in [3.8, 4) is 5.75 Å². The summed E-state index contributed by atoms with van der Waals surface area (Å²) in [7, 11) is -0.560. The van der Waals surface area contributed by atoms with Gasteiger partial charge in [-0.3, -0.25) is 4.31 Å². The summed E-state index contributed by atoms with van der Waals surface area (Å²) in [5.74, 6) is 0.686. The fraction of sp³-hybridized carbons (Fsp3) is 0.273. The predicted octanol–water partition coefficient (Wildman–Crippen LogP) is 3.08. The summed E-state index contributed by atoms with van der Waals surface area (Å²) in [5, 5.41) is 5.05. The van der Waals surface area contributed by atoms with E-state index in [9.17, 15) is 8.42 Å². The van der Waals surface area contributed by atoms with Crippen LogP contribution < -0.4 is 19.3 Å². The van der Waals surface area contributed by atoms with Crippen molar-refractivity contribution in [3.63, 3.8) is 0 Å². The number of piperazine rings is 1. The number of fused-ring (bicyclic) bond motifs is 1. The molecule has 1 aliphatic heterocycles. The smallest absolute Gasteiger partial charge is 0.264 e. The van der Waals surface area contributed by atoms with E-state index in [4.69, 9.17) is 4.74 Å². The van der Waals surface area contributed by atoms with Gasteiger partial charge in [-0.15, -0.1) is 0 Å². The minimum absolute atomic E-state index is 0.310. The molecule has 0 amide bonds. The average Bonchev–Trinajstić information content (AvgIpc) is 2.78. The number of rotatable bonds is 5. The Morgan fingerprint density at radius 3 is 2.24 bits per heavy atom. The maximum atomic E-state index is 13.5. The van der Waals surface area contributed by atoms with Gasteiger partial charge in [-0.05, 0) is 36.4 Å². The van der Waals surface area contributed by atoms with Crippen LogP contribution in [0.5, 0.6) is 5.75 Å². The highest BCUT2D eigenvalue weighted by molar-refractivity contribution is 7.93. The Labute approximate surface area is 171 Å². The number of nitrogens with one attached hydrogen (secondary N) is 1. The number of benzene rings is 3. The van der Waals surface area contributed by atoms with Crippen LogP contribution in [0.15, 0.2) is 65.6 Å². The molecule has 0 saturated carbocycles. The lowest BCUT2D eigenvalue weighted by Gasteiger charge is -2.31. The first kappa shape index (κ1) is 19.5. The van der Waals surface area contributed by atoms with Crippen LogP contribution in [0.1, 0.15) is 0 Å². The summed E-state index contributed by atoms with van der Waals surface area (Å²) >= 11 is 0. The summed E-state index contributed by atoms with van der Waals surface area (Å²) < 4.78 is 33.4. The van der Waals surface area contributed by atoms with E-state index >= 15 is 0 Å². The number of nitrogens with zero attached hydrogens (tertiary/aromatic N) is 2. The number of sulfonamides is 1. The topological polar surface area (TPSA) is 61.9 Å². The van der Waals surface area contributed by atoms with E-state index in [1.54, 1.807) is 44.5 Å². The monoisotopic (exact) mass is 411 g/mol. The van der Waals surface area contributed by atoms with Gasteiger partial charge in [-0.2, -0.15) is 0 Å². The van der Waals surface area contributed by atoms with Crippen LogP contribution >= 0.6 is 0 Å². The summed E-state index contributed by atoms with van der Waals surface area (Å²) in [5.41, 5.74) is 1.66. The second kappa shape index (κ2) is 7.93. The molecule has 1 aliphatic rings. The first-order valence-electron chi connectivity index (χ1n) is 9.63. The van der Waals surface area contributed by atoms with Crippen LogP contribution in [-0.2, 0) is 10.0 Å². The van der Waals surface area contributed by atoms with Crippen molar-refractivity contribution in [2.45, 2.75) is 4.90 Å². The molecule has 1 fully saturated rings. The Bertz CT molecular complexity index is 1110. The lowest BCUT2D eigenvalue weighted by molar-refractivity contribution is 0.415. The van der Waals surface area contributed by atoms with Gasteiger partial charge in [-0.25, -0.2) is 8.42 Å². The van der Waals surface area contributed by atoms with Gasteiger partial charge in [0.15, 0.2) is 0 Å². The molecule has 152 valence electrons. The normalized spacial score (nSPS) is 14.8. The van der Waals surface area contributed by atoms with E-state index in [-0.39, 0.29) is 0 Å². The van der Waals surface area contributed by atoms with Gasteiger partial charge in [0, 0.05) is 49.7 Å². The van der Waals surface area contributed by atoms with Crippen LogP contribution in [0, 0.1) is 0 Å². The van der Waals surface area contributed by atoms with Gasteiger partial charge >= 0.3 is 0 Å². The molecule has 0 atom stereocenters. The molecular weight excluding hydrogens is 386 g/mol. The quantitative estimate of drug-likeness (QED) is 0.699. The minimum atomic E-state index is -3.72. The highest BCUT2D eigenvalue weighted by Gasteiger charge is 2.25. The van der Waals surface area contributed by atoms with Crippen molar-refractivity contribution in [1.82, 2.24) is 5.32 Å². The molecule has 1 N–H and O–H groups in total. The molecule has 0 unspecified atom stereocenters. The standard InChI is InChI=1S/C22H25N3O3S/c1-24(17-7-9-18(28-2)10-8-17)29(26,27)22-12-11-21(25-15-13-23-14-16-25)19-5-3-4-6-20(19)22/h3-12,23H,13-16H2,1-2H3. The fourth-order valence-corrected chi connectivity index (χ4v) is 5.13. The van der Waals surface area contributed by atoms with Crippen molar-refractivity contribution in [2.75, 3.05) is 49.5 Å². The molecule has 1 heterocycles. The van der Waals surface area contributed by atoms with Gasteiger partial charge in [-0.1, -0.05) is 24.3 Å². The van der Waals surface area contributed by atoms with E-state index in [1.165, 1.54) is 4.31 Å². The molecule has 7 heteroatoms. The highest BCUT2D eigenvalue weighted by atomic mass is 32.2. The van der Waals surface area contributed by atoms with Crippen molar-refractivity contribution >= 4 is 32.2 Å². The van der Waals surface area contributed by atoms with Crippen molar-refractivity contribution < 1.29 is 13.2 Å². The Morgan fingerprint density at radius 2 is 1.59 bits per heavy atom. The van der Waals surface area contributed by atoms with Crippen LogP contribution in [0.25, 0.3) is 10.8 Å². The molecule has 3 aromatic carbocycles. The Kier molecular flexibility index (Phi) is 5.34. The summed E-state index contributed by atoms with van der Waals surface area (Å²) in [6.45, 7) is 3.66. The van der Waals surface area contributed by atoms with Gasteiger partial charge in [0.05, 0.1) is 17.7 Å². The zero-order valence-corrected chi connectivity index (χ0v) is 17.4. The zero-order chi connectivity index (χ0) is 20.4. The summed E-state index contributed by atoms with van der Waals surface area (Å²) in [6, 6.07) is 18.4. The van der Waals surface area contributed by atoms with Crippen LogP contribution in [0.4, 0.5) is 11.4 Å². The molecule has 29 heavy (non-hydrogen) atoms. The molecule has 0 bridgehead atoms. The van der Waals surface area contributed by atoms with Gasteiger partial charge in [0.25, 0.3) is 10.0 Å². The summed E-state index contributed by atoms with van der Waals surface area (Å²) in [4.78, 5) is 2.62. The first-order valence-corrected chi connectivity index (χ1v) is 11.1. The SMILES string of the molecule is COc1ccc(N(C)S(=O)(=O)c2ccc(N3CCNCC3)c3ccccc23)cc1. The van der Waals surface area contributed by atoms with E-state index in [0.29, 0.717) is 16.3 Å². The Morgan fingerprint density at radius 1 is 0.931 bits per heavy atom. The lowest BCUT2D eigenvalue weighted by Crippen LogP contribution is -2.43. The van der Waals surface area contributed by atoms with Crippen molar-refractivity contribution in [1.29, 1.82) is 0 Å². The van der Waals surface area contributed by atoms with Gasteiger partial charge < -0.3 is 15.0 Å². The van der Waals surface area contributed by atoms with Crippen LogP contribution in [0.3, 0.4) is 0 Å². The average molecular weight is 412 g/mol. The number of hydrogen-bond donors (Lipinski definition) is 1. The molecule has 1 saturated heterocycles. The summed E-state index contributed by atoms with van der Waals surface area (Å²) in [6.07, 6.45) is 0. The fourth-order valence-electron chi connectivity index (χ4n) is 3.74. The number of methoxy groups -OCH3 is 1. The predicted molar refractivity (Wildman–Crippen MR) is 118 cm³/mol. The molecule has 0 radical (unpaired) electrons. The third-order valence-corrected chi connectivity index (χ3v) is 7.24. The van der Waals surface area contributed by atoms with Crippen molar-refractivity contribution in [3.05, 3.63) is 60.7 Å². The van der Waals surface area contributed by atoms with Gasteiger partial charge in [0.1, 0.15) is 5.75 Å². The maximum Gasteiger partial charge on any atom is 0.264 e. The molecule has 6 nitrogen and oxygen atoms in total. The minimum Gasteiger partial charge on any atom is -0.497 e. The van der Waals surface area contributed by atoms with E-state index in [0.717, 1.165) is 42.6 Å². The Hall–Kier alpha value is -2.77. The second-order valence-corrected chi connectivity index (χ2v) is 8.97. The zero-order valence-electron chi connectivity index (χ0n) is 16.6. The number of ether oxygens (including phenoxy) is 1.